The van der Waals surface area contributed by atoms with Gasteiger partial charge in [0.05, 0.1) is 6.20 Å². The molecular formula is C8H14N2O. The fraction of sp³-hybridized carbons (Fsp3) is 0.625. The number of hydrogen-bond acceptors (Lipinski definition) is 3. The van der Waals surface area contributed by atoms with Gasteiger partial charge in [-0.25, -0.2) is 4.98 Å². The number of rotatable bonds is 5. The van der Waals surface area contributed by atoms with Gasteiger partial charge in [-0.15, -0.1) is 0 Å². The van der Waals surface area contributed by atoms with Crippen LogP contribution < -0.4 is 5.32 Å². The Labute approximate surface area is 66.8 Å². The molecule has 1 aromatic heterocycles. The van der Waals surface area contributed by atoms with Crippen LogP contribution in [0.4, 0.5) is 6.01 Å². The molecule has 0 unspecified atom stereocenters. The zero-order valence-corrected chi connectivity index (χ0v) is 6.84. The highest BCUT2D eigenvalue weighted by molar-refractivity contribution is 5.16. The minimum Gasteiger partial charge on any atom is -0.432 e. The van der Waals surface area contributed by atoms with Crippen LogP contribution in [-0.4, -0.2) is 11.5 Å². The lowest BCUT2D eigenvalue weighted by Gasteiger charge is -1.98. The van der Waals surface area contributed by atoms with Crippen molar-refractivity contribution < 1.29 is 4.42 Å². The Kier molecular flexibility index (Phi) is 3.52. The molecular weight excluding hydrogens is 140 g/mol. The average Bonchev–Trinajstić information content (AvgIpc) is 2.50. The van der Waals surface area contributed by atoms with E-state index >= 15 is 0 Å². The maximum Gasteiger partial charge on any atom is 0.294 e. The summed E-state index contributed by atoms with van der Waals surface area (Å²) in [5, 5.41) is 3.08. The van der Waals surface area contributed by atoms with Gasteiger partial charge in [-0.2, -0.15) is 0 Å². The monoisotopic (exact) mass is 154 g/mol. The molecule has 0 aliphatic heterocycles. The van der Waals surface area contributed by atoms with E-state index in [2.05, 4.69) is 17.2 Å². The molecule has 0 saturated carbocycles. The second-order valence-corrected chi connectivity index (χ2v) is 2.47. The first kappa shape index (κ1) is 8.11. The van der Waals surface area contributed by atoms with Crippen molar-refractivity contribution in [3.63, 3.8) is 0 Å². The molecule has 0 fully saturated rings. The van der Waals surface area contributed by atoms with Crippen molar-refractivity contribution >= 4 is 6.01 Å². The van der Waals surface area contributed by atoms with E-state index in [1.54, 1.807) is 12.5 Å². The number of nitrogens with one attached hydrogen (secondary N) is 1. The van der Waals surface area contributed by atoms with E-state index in [1.165, 1.54) is 19.3 Å². The number of hydrogen-bond donors (Lipinski definition) is 1. The van der Waals surface area contributed by atoms with Crippen LogP contribution in [0.5, 0.6) is 0 Å². The van der Waals surface area contributed by atoms with Gasteiger partial charge in [0.15, 0.2) is 0 Å². The van der Waals surface area contributed by atoms with Gasteiger partial charge in [-0.05, 0) is 6.42 Å². The summed E-state index contributed by atoms with van der Waals surface area (Å²) in [6.45, 7) is 3.14. The fourth-order valence-electron chi connectivity index (χ4n) is 0.881. The maximum absolute atomic E-state index is 4.99. The molecule has 0 aliphatic rings. The molecule has 3 heteroatoms. The molecule has 0 amide bonds. The largest absolute Gasteiger partial charge is 0.432 e. The average molecular weight is 154 g/mol. The second-order valence-electron chi connectivity index (χ2n) is 2.47. The van der Waals surface area contributed by atoms with Crippen LogP contribution in [0.15, 0.2) is 16.9 Å². The van der Waals surface area contributed by atoms with Gasteiger partial charge in [0.1, 0.15) is 6.26 Å². The van der Waals surface area contributed by atoms with E-state index in [1.807, 2.05) is 0 Å². The molecule has 0 radical (unpaired) electrons. The van der Waals surface area contributed by atoms with Gasteiger partial charge in [0, 0.05) is 6.54 Å². The van der Waals surface area contributed by atoms with Crippen molar-refractivity contribution in [2.24, 2.45) is 0 Å². The molecule has 3 nitrogen and oxygen atoms in total. The lowest BCUT2D eigenvalue weighted by atomic mass is 10.2. The van der Waals surface area contributed by atoms with Crippen LogP contribution in [0.3, 0.4) is 0 Å². The first-order valence-corrected chi connectivity index (χ1v) is 4.07. The van der Waals surface area contributed by atoms with Gasteiger partial charge in [0.2, 0.25) is 0 Å². The molecule has 0 aliphatic carbocycles. The Bertz CT molecular complexity index is 172. The van der Waals surface area contributed by atoms with Crippen LogP contribution >= 0.6 is 0 Å². The molecule has 62 valence electrons. The van der Waals surface area contributed by atoms with Crippen LogP contribution in [0.1, 0.15) is 26.2 Å². The first-order valence-electron chi connectivity index (χ1n) is 4.07. The van der Waals surface area contributed by atoms with Gasteiger partial charge >= 0.3 is 0 Å². The van der Waals surface area contributed by atoms with Crippen molar-refractivity contribution in [3.05, 3.63) is 12.5 Å². The van der Waals surface area contributed by atoms with Gasteiger partial charge in [-0.3, -0.25) is 0 Å². The summed E-state index contributed by atoms with van der Waals surface area (Å²) in [5.41, 5.74) is 0. The summed E-state index contributed by atoms with van der Waals surface area (Å²) in [6, 6.07) is 0.626. The summed E-state index contributed by atoms with van der Waals surface area (Å²) < 4.78 is 4.99. The molecule has 0 aromatic carbocycles. The zero-order valence-electron chi connectivity index (χ0n) is 6.84. The highest BCUT2D eigenvalue weighted by Crippen LogP contribution is 2.01. The third kappa shape index (κ3) is 3.07. The minimum absolute atomic E-state index is 0.626. The predicted molar refractivity (Wildman–Crippen MR) is 44.5 cm³/mol. The highest BCUT2D eigenvalue weighted by Gasteiger charge is 1.92. The molecule has 0 bridgehead atoms. The second kappa shape index (κ2) is 4.77. The summed E-state index contributed by atoms with van der Waals surface area (Å²) in [5.74, 6) is 0. The minimum atomic E-state index is 0.626. The summed E-state index contributed by atoms with van der Waals surface area (Å²) in [7, 11) is 0. The van der Waals surface area contributed by atoms with Crippen LogP contribution in [-0.2, 0) is 0 Å². The van der Waals surface area contributed by atoms with Crippen LogP contribution in [0.2, 0.25) is 0 Å². The highest BCUT2D eigenvalue weighted by atomic mass is 16.4. The van der Waals surface area contributed by atoms with Gasteiger partial charge < -0.3 is 9.73 Å². The Hall–Kier alpha value is -0.990. The summed E-state index contributed by atoms with van der Waals surface area (Å²) >= 11 is 0. The molecule has 1 rings (SSSR count). The smallest absolute Gasteiger partial charge is 0.294 e. The van der Waals surface area contributed by atoms with Gasteiger partial charge in [0.25, 0.3) is 6.01 Å². The topological polar surface area (TPSA) is 38.1 Å². The molecule has 0 atom stereocenters. The van der Waals surface area contributed by atoms with E-state index in [-0.39, 0.29) is 0 Å². The van der Waals surface area contributed by atoms with E-state index in [4.69, 9.17) is 4.42 Å². The van der Waals surface area contributed by atoms with Crippen molar-refractivity contribution in [1.29, 1.82) is 0 Å². The maximum atomic E-state index is 4.99. The normalized spacial score (nSPS) is 9.91. The zero-order chi connectivity index (χ0) is 7.94. The van der Waals surface area contributed by atoms with Gasteiger partial charge in [-0.1, -0.05) is 19.8 Å². The molecule has 0 spiro atoms. The Balaban J connectivity index is 2.04. The van der Waals surface area contributed by atoms with Crippen LogP contribution in [0, 0.1) is 0 Å². The lowest BCUT2D eigenvalue weighted by molar-refractivity contribution is 0.568. The number of aromatic nitrogens is 1. The van der Waals surface area contributed by atoms with Crippen LogP contribution in [0.25, 0.3) is 0 Å². The third-order valence-corrected chi connectivity index (χ3v) is 1.49. The van der Waals surface area contributed by atoms with E-state index in [0.29, 0.717) is 6.01 Å². The number of unbranched alkanes of at least 4 members (excludes halogenated alkanes) is 2. The standard InChI is InChI=1S/C8H14N2O/c1-2-3-4-5-9-8-10-6-7-11-8/h6-7H,2-5H2,1H3,(H,9,10). The van der Waals surface area contributed by atoms with Crippen molar-refractivity contribution in [2.75, 3.05) is 11.9 Å². The Morgan fingerprint density at radius 1 is 1.55 bits per heavy atom. The lowest BCUT2D eigenvalue weighted by Crippen LogP contribution is -2.00. The number of anilines is 1. The Morgan fingerprint density at radius 3 is 3.09 bits per heavy atom. The van der Waals surface area contributed by atoms with E-state index < -0.39 is 0 Å². The summed E-state index contributed by atoms with van der Waals surface area (Å²) in [6.07, 6.45) is 6.89. The van der Waals surface area contributed by atoms with Crippen molar-refractivity contribution in [3.8, 4) is 0 Å². The molecule has 0 saturated heterocycles. The molecule has 11 heavy (non-hydrogen) atoms. The van der Waals surface area contributed by atoms with Crippen molar-refractivity contribution in [1.82, 2.24) is 4.98 Å². The number of nitrogens with zero attached hydrogens (tertiary/aromatic N) is 1. The first-order chi connectivity index (χ1) is 5.43. The molecule has 1 N–H and O–H groups in total. The SMILES string of the molecule is CCCCCNc1ncco1. The third-order valence-electron chi connectivity index (χ3n) is 1.49. The Morgan fingerprint density at radius 2 is 2.45 bits per heavy atom. The number of oxazole rings is 1. The molecule has 1 heterocycles. The van der Waals surface area contributed by atoms with E-state index in [0.717, 1.165) is 6.54 Å². The molecule has 1 aromatic rings. The van der Waals surface area contributed by atoms with E-state index in [9.17, 15) is 0 Å². The fourth-order valence-corrected chi connectivity index (χ4v) is 0.881. The van der Waals surface area contributed by atoms with Crippen molar-refractivity contribution in [2.45, 2.75) is 26.2 Å². The predicted octanol–water partition coefficient (Wildman–Crippen LogP) is 2.28. The summed E-state index contributed by atoms with van der Waals surface area (Å²) in [4.78, 5) is 3.94. The quantitative estimate of drug-likeness (QED) is 0.661.